The van der Waals surface area contributed by atoms with Gasteiger partial charge in [-0.3, -0.25) is 0 Å². The summed E-state index contributed by atoms with van der Waals surface area (Å²) >= 11 is 0. The number of nitrogens with zero attached hydrogens (tertiary/aromatic N) is 1. The summed E-state index contributed by atoms with van der Waals surface area (Å²) in [5, 5.41) is 0.0414. The number of likely N-dealkylation sites (tertiary alicyclic amines) is 1. The molecule has 2 fully saturated rings. The van der Waals surface area contributed by atoms with E-state index in [9.17, 15) is 9.00 Å². The van der Waals surface area contributed by atoms with Crippen LogP contribution in [-0.4, -0.2) is 39.1 Å². The van der Waals surface area contributed by atoms with Gasteiger partial charge in [-0.1, -0.05) is 12.1 Å². The van der Waals surface area contributed by atoms with Crippen LogP contribution in [0.25, 0.3) is 0 Å². The fraction of sp³-hybridized carbons (Fsp3) is 0.588. The van der Waals surface area contributed by atoms with E-state index in [4.69, 9.17) is 9.52 Å². The van der Waals surface area contributed by atoms with Crippen LogP contribution in [0, 0.1) is 4.78 Å². The summed E-state index contributed by atoms with van der Waals surface area (Å²) in [4.78, 5) is 14.3. The van der Waals surface area contributed by atoms with Gasteiger partial charge < -0.3 is 9.64 Å². The van der Waals surface area contributed by atoms with Crippen LogP contribution in [0.1, 0.15) is 45.1 Å². The van der Waals surface area contributed by atoms with Crippen molar-refractivity contribution in [3.05, 3.63) is 29.8 Å². The Labute approximate surface area is 138 Å². The number of nitrogens with one attached hydrogen (secondary N) is 1. The Balaban J connectivity index is 1.59. The van der Waals surface area contributed by atoms with E-state index in [1.807, 2.05) is 45.0 Å². The molecule has 23 heavy (non-hydrogen) atoms. The minimum atomic E-state index is -2.63. The minimum absolute atomic E-state index is 0.0414. The van der Waals surface area contributed by atoms with Crippen LogP contribution in [0.3, 0.4) is 0 Å². The molecule has 126 valence electrons. The Hall–Kier alpha value is -1.56. The SMILES string of the molecule is CC(C)(C)OC(=O)N1CC(c2ccc(S(=N)(=O)C3CC3)cc2)C1. The van der Waals surface area contributed by atoms with Crippen LogP contribution in [0.5, 0.6) is 0 Å². The molecular formula is C17H24N2O3S. The maximum atomic E-state index is 12.4. The molecular weight excluding hydrogens is 312 g/mol. The lowest BCUT2D eigenvalue weighted by molar-refractivity contribution is 0.00819. The average molecular weight is 336 g/mol. The van der Waals surface area contributed by atoms with Gasteiger partial charge in [0.2, 0.25) is 0 Å². The molecule has 1 atom stereocenters. The number of hydrogen-bond donors (Lipinski definition) is 1. The Morgan fingerprint density at radius 2 is 1.78 bits per heavy atom. The molecule has 0 aromatic heterocycles. The molecule has 1 aliphatic heterocycles. The van der Waals surface area contributed by atoms with E-state index in [0.717, 1.165) is 18.4 Å². The number of ether oxygens (including phenoxy) is 1. The molecule has 6 heteroatoms. The van der Waals surface area contributed by atoms with E-state index in [2.05, 4.69) is 0 Å². The summed E-state index contributed by atoms with van der Waals surface area (Å²) in [6, 6.07) is 7.53. The normalized spacial score (nSPS) is 21.4. The molecule has 1 saturated carbocycles. The number of hydrogen-bond acceptors (Lipinski definition) is 4. The van der Waals surface area contributed by atoms with E-state index < -0.39 is 15.3 Å². The highest BCUT2D eigenvalue weighted by Crippen LogP contribution is 2.35. The van der Waals surface area contributed by atoms with Crippen LogP contribution in [0.2, 0.25) is 0 Å². The smallest absolute Gasteiger partial charge is 0.410 e. The summed E-state index contributed by atoms with van der Waals surface area (Å²) in [7, 11) is -2.63. The molecule has 1 unspecified atom stereocenters. The molecule has 1 aromatic carbocycles. The van der Waals surface area contributed by atoms with Gasteiger partial charge in [0.25, 0.3) is 0 Å². The van der Waals surface area contributed by atoms with E-state index in [-0.39, 0.29) is 11.3 Å². The molecule has 1 heterocycles. The van der Waals surface area contributed by atoms with Crippen molar-refractivity contribution in [2.24, 2.45) is 0 Å². The van der Waals surface area contributed by atoms with Gasteiger partial charge in [0, 0.05) is 29.2 Å². The topological polar surface area (TPSA) is 70.5 Å². The second kappa shape index (κ2) is 5.51. The maximum Gasteiger partial charge on any atom is 0.410 e. The van der Waals surface area contributed by atoms with Crippen molar-refractivity contribution in [3.8, 4) is 0 Å². The molecule has 1 aromatic rings. The minimum Gasteiger partial charge on any atom is -0.444 e. The van der Waals surface area contributed by atoms with Gasteiger partial charge in [-0.05, 0) is 51.3 Å². The first-order valence-electron chi connectivity index (χ1n) is 8.02. The quantitative estimate of drug-likeness (QED) is 0.917. The van der Waals surface area contributed by atoms with Gasteiger partial charge in [0.05, 0.1) is 9.73 Å². The van der Waals surface area contributed by atoms with E-state index >= 15 is 0 Å². The van der Waals surface area contributed by atoms with E-state index in [1.165, 1.54) is 0 Å². The molecule has 1 aliphatic carbocycles. The summed E-state index contributed by atoms with van der Waals surface area (Å²) in [6.07, 6.45) is 1.53. The van der Waals surface area contributed by atoms with Gasteiger partial charge in [0.15, 0.2) is 0 Å². The van der Waals surface area contributed by atoms with Crippen molar-refractivity contribution < 1.29 is 13.7 Å². The second-order valence-electron chi connectivity index (χ2n) is 7.45. The lowest BCUT2D eigenvalue weighted by Crippen LogP contribution is -2.50. The van der Waals surface area contributed by atoms with Crippen molar-refractivity contribution in [1.82, 2.24) is 4.90 Å². The van der Waals surface area contributed by atoms with Crippen LogP contribution in [0.4, 0.5) is 4.79 Å². The highest BCUT2D eigenvalue weighted by Gasteiger charge is 2.36. The van der Waals surface area contributed by atoms with Crippen molar-refractivity contribution in [2.75, 3.05) is 13.1 Å². The summed E-state index contributed by atoms with van der Waals surface area (Å²) in [6.45, 7) is 6.87. The van der Waals surface area contributed by atoms with Gasteiger partial charge in [-0.15, -0.1) is 0 Å². The fourth-order valence-corrected chi connectivity index (χ4v) is 4.42. The zero-order chi connectivity index (χ0) is 16.8. The molecule has 0 radical (unpaired) electrons. The Morgan fingerprint density at radius 3 is 2.26 bits per heavy atom. The molecule has 2 aliphatic rings. The second-order valence-corrected chi connectivity index (χ2v) is 9.79. The Morgan fingerprint density at radius 1 is 1.22 bits per heavy atom. The molecule has 1 amide bonds. The third kappa shape index (κ3) is 3.52. The number of carbonyl (C=O) groups is 1. The van der Waals surface area contributed by atoms with E-state index in [0.29, 0.717) is 23.9 Å². The standard InChI is InChI=1S/C17H24N2O3S/c1-17(2,3)22-16(20)19-10-13(11-19)12-4-6-14(7-5-12)23(18,21)15-8-9-15/h4-7,13,15,18H,8-11H2,1-3H3. The van der Waals surface area contributed by atoms with Crippen molar-refractivity contribution in [2.45, 2.75) is 55.3 Å². The van der Waals surface area contributed by atoms with Crippen LogP contribution in [0.15, 0.2) is 29.2 Å². The highest BCUT2D eigenvalue weighted by atomic mass is 32.2. The van der Waals surface area contributed by atoms with Crippen molar-refractivity contribution in [3.63, 3.8) is 0 Å². The number of rotatable bonds is 3. The number of amides is 1. The van der Waals surface area contributed by atoms with Gasteiger partial charge >= 0.3 is 6.09 Å². The average Bonchev–Trinajstić information content (AvgIpc) is 3.19. The maximum absolute atomic E-state index is 12.4. The van der Waals surface area contributed by atoms with Crippen molar-refractivity contribution in [1.29, 1.82) is 4.78 Å². The zero-order valence-electron chi connectivity index (χ0n) is 13.9. The Bertz CT molecular complexity index is 694. The van der Waals surface area contributed by atoms with Gasteiger partial charge in [0.1, 0.15) is 5.60 Å². The van der Waals surface area contributed by atoms with Crippen LogP contribution < -0.4 is 0 Å². The highest BCUT2D eigenvalue weighted by molar-refractivity contribution is 7.93. The number of carbonyl (C=O) groups excluding carboxylic acids is 1. The number of benzene rings is 1. The first kappa shape index (κ1) is 16.3. The van der Waals surface area contributed by atoms with Gasteiger partial charge in [-0.2, -0.15) is 0 Å². The summed E-state index contributed by atoms with van der Waals surface area (Å²) in [5.41, 5.74) is 0.653. The molecule has 0 spiro atoms. The van der Waals surface area contributed by atoms with Gasteiger partial charge in [-0.25, -0.2) is 13.8 Å². The lowest BCUT2D eigenvalue weighted by atomic mass is 9.92. The predicted molar refractivity (Wildman–Crippen MR) is 89.1 cm³/mol. The van der Waals surface area contributed by atoms with Crippen molar-refractivity contribution >= 4 is 15.8 Å². The first-order valence-corrected chi connectivity index (χ1v) is 9.64. The summed E-state index contributed by atoms with van der Waals surface area (Å²) in [5.74, 6) is 0.291. The fourth-order valence-electron chi connectivity index (χ4n) is 2.70. The summed E-state index contributed by atoms with van der Waals surface area (Å²) < 4.78 is 25.8. The third-order valence-electron chi connectivity index (χ3n) is 4.23. The molecule has 5 nitrogen and oxygen atoms in total. The third-order valence-corrected chi connectivity index (χ3v) is 6.61. The monoisotopic (exact) mass is 336 g/mol. The Kier molecular flexibility index (Phi) is 3.91. The largest absolute Gasteiger partial charge is 0.444 e. The van der Waals surface area contributed by atoms with Crippen LogP contribution >= 0.6 is 0 Å². The van der Waals surface area contributed by atoms with Crippen LogP contribution in [-0.2, 0) is 14.5 Å². The first-order chi connectivity index (χ1) is 10.7. The zero-order valence-corrected chi connectivity index (χ0v) is 14.7. The molecule has 3 rings (SSSR count). The predicted octanol–water partition coefficient (Wildman–Crippen LogP) is 3.59. The molecule has 1 N–H and O–H groups in total. The van der Waals surface area contributed by atoms with E-state index in [1.54, 1.807) is 4.90 Å². The lowest BCUT2D eigenvalue weighted by Gasteiger charge is -2.40. The molecule has 0 bridgehead atoms. The molecule has 1 saturated heterocycles.